The van der Waals surface area contributed by atoms with E-state index in [1.54, 1.807) is 18.3 Å². The third kappa shape index (κ3) is 2.16. The van der Waals surface area contributed by atoms with Gasteiger partial charge in [0.05, 0.1) is 16.3 Å². The van der Waals surface area contributed by atoms with E-state index < -0.39 is 4.92 Å². The Labute approximate surface area is 115 Å². The van der Waals surface area contributed by atoms with Crippen molar-refractivity contribution < 1.29 is 4.92 Å². The molecule has 0 unspecified atom stereocenters. The molecule has 1 aliphatic heterocycles. The Hall–Kier alpha value is -2.95. The van der Waals surface area contributed by atoms with Gasteiger partial charge in [-0.05, 0) is 36.4 Å². The smallest absolute Gasteiger partial charge is 0.269 e. The predicted molar refractivity (Wildman–Crippen MR) is 77.5 cm³/mol. The highest BCUT2D eigenvalue weighted by molar-refractivity contribution is 5.83. The zero-order valence-corrected chi connectivity index (χ0v) is 10.5. The molecule has 0 fully saturated rings. The van der Waals surface area contributed by atoms with Crippen LogP contribution in [-0.2, 0) is 0 Å². The fraction of sp³-hybridized carbons (Fsp3) is 0. The highest BCUT2D eigenvalue weighted by Gasteiger charge is 2.12. The van der Waals surface area contributed by atoms with E-state index in [0.717, 1.165) is 17.0 Å². The summed E-state index contributed by atoms with van der Waals surface area (Å²) in [5, 5.41) is 10.7. The lowest BCUT2D eigenvalue weighted by molar-refractivity contribution is -0.384. The summed E-state index contributed by atoms with van der Waals surface area (Å²) >= 11 is 0. The van der Waals surface area contributed by atoms with E-state index in [0.29, 0.717) is 0 Å². The van der Waals surface area contributed by atoms with E-state index >= 15 is 0 Å². The Morgan fingerprint density at radius 3 is 2.40 bits per heavy atom. The van der Waals surface area contributed by atoms with Gasteiger partial charge in [0, 0.05) is 36.3 Å². The van der Waals surface area contributed by atoms with Crippen molar-refractivity contribution >= 4 is 17.6 Å². The molecule has 1 aromatic heterocycles. The first-order valence-corrected chi connectivity index (χ1v) is 6.09. The molecule has 0 N–H and O–H groups in total. The molecule has 0 bridgehead atoms. The monoisotopic (exact) mass is 265 g/mol. The standard InChI is InChI=1S/C15H11N3O2/c19-18(20)13-7-5-12(6-8-13)15(14-4-3-9-16-14)17-10-1-2-11-17/h1-11H/b15-14+. The number of nitro benzene ring substituents is 1. The Bertz CT molecular complexity index is 709. The molecule has 2 heterocycles. The first kappa shape index (κ1) is 12.1. The van der Waals surface area contributed by atoms with Gasteiger partial charge in [0.25, 0.3) is 5.69 Å². The number of benzene rings is 1. The zero-order valence-electron chi connectivity index (χ0n) is 10.5. The second-order valence-corrected chi connectivity index (χ2v) is 4.27. The molecule has 0 saturated carbocycles. The van der Waals surface area contributed by atoms with Gasteiger partial charge < -0.3 is 4.57 Å². The van der Waals surface area contributed by atoms with Crippen molar-refractivity contribution in [3.8, 4) is 0 Å². The summed E-state index contributed by atoms with van der Waals surface area (Å²) in [7, 11) is 0. The van der Waals surface area contributed by atoms with Gasteiger partial charge >= 0.3 is 0 Å². The molecule has 1 aliphatic rings. The van der Waals surface area contributed by atoms with Gasteiger partial charge in [0.15, 0.2) is 0 Å². The molecule has 0 saturated heterocycles. The number of hydrogen-bond acceptors (Lipinski definition) is 3. The normalized spacial score (nSPS) is 15.6. The maximum Gasteiger partial charge on any atom is 0.269 e. The lowest BCUT2D eigenvalue weighted by Crippen LogP contribution is -1.99. The first-order chi connectivity index (χ1) is 9.75. The van der Waals surface area contributed by atoms with Crippen LogP contribution < -0.4 is 0 Å². The van der Waals surface area contributed by atoms with E-state index in [9.17, 15) is 10.1 Å². The minimum absolute atomic E-state index is 0.0797. The van der Waals surface area contributed by atoms with Gasteiger partial charge in [0.1, 0.15) is 0 Å². The Morgan fingerprint density at radius 2 is 1.85 bits per heavy atom. The topological polar surface area (TPSA) is 60.4 Å². The van der Waals surface area contributed by atoms with Gasteiger partial charge in [-0.1, -0.05) is 0 Å². The summed E-state index contributed by atoms with van der Waals surface area (Å²) in [5.74, 6) is 0. The van der Waals surface area contributed by atoms with Crippen molar-refractivity contribution in [2.24, 2.45) is 4.99 Å². The summed E-state index contributed by atoms with van der Waals surface area (Å²) < 4.78 is 1.95. The second-order valence-electron chi connectivity index (χ2n) is 4.27. The largest absolute Gasteiger partial charge is 0.321 e. The fourth-order valence-electron chi connectivity index (χ4n) is 2.09. The highest BCUT2D eigenvalue weighted by Crippen LogP contribution is 2.26. The summed E-state index contributed by atoms with van der Waals surface area (Å²) in [5.41, 5.74) is 2.69. The van der Waals surface area contributed by atoms with Crippen LogP contribution in [0.1, 0.15) is 5.56 Å². The Balaban J connectivity index is 2.12. The van der Waals surface area contributed by atoms with Gasteiger partial charge in [-0.15, -0.1) is 0 Å². The molecule has 0 atom stereocenters. The molecule has 0 radical (unpaired) electrons. The molecule has 5 heteroatoms. The van der Waals surface area contributed by atoms with E-state index in [4.69, 9.17) is 0 Å². The van der Waals surface area contributed by atoms with Crippen LogP contribution in [0.5, 0.6) is 0 Å². The fourth-order valence-corrected chi connectivity index (χ4v) is 2.09. The summed E-state index contributed by atoms with van der Waals surface area (Å²) in [6, 6.07) is 10.3. The summed E-state index contributed by atoms with van der Waals surface area (Å²) in [6.45, 7) is 0. The van der Waals surface area contributed by atoms with Crippen LogP contribution in [0.25, 0.3) is 5.70 Å². The van der Waals surface area contributed by atoms with Crippen molar-refractivity contribution in [1.29, 1.82) is 0 Å². The van der Waals surface area contributed by atoms with Crippen LogP contribution >= 0.6 is 0 Å². The van der Waals surface area contributed by atoms with Crippen LogP contribution in [0.4, 0.5) is 5.69 Å². The van der Waals surface area contributed by atoms with Crippen LogP contribution in [0.15, 0.2) is 71.6 Å². The van der Waals surface area contributed by atoms with Crippen LogP contribution in [0.2, 0.25) is 0 Å². The molecule has 2 aromatic rings. The average Bonchev–Trinajstić information content (AvgIpc) is 3.13. The maximum absolute atomic E-state index is 10.7. The van der Waals surface area contributed by atoms with E-state index in [1.807, 2.05) is 41.2 Å². The van der Waals surface area contributed by atoms with E-state index in [2.05, 4.69) is 4.99 Å². The van der Waals surface area contributed by atoms with Crippen molar-refractivity contribution in [2.75, 3.05) is 0 Å². The average molecular weight is 265 g/mol. The van der Waals surface area contributed by atoms with Crippen LogP contribution in [0.3, 0.4) is 0 Å². The first-order valence-electron chi connectivity index (χ1n) is 6.09. The van der Waals surface area contributed by atoms with Crippen molar-refractivity contribution in [3.63, 3.8) is 0 Å². The number of rotatable bonds is 3. The van der Waals surface area contributed by atoms with Crippen molar-refractivity contribution in [1.82, 2.24) is 4.57 Å². The maximum atomic E-state index is 10.7. The van der Waals surface area contributed by atoms with E-state index in [-0.39, 0.29) is 5.69 Å². The van der Waals surface area contributed by atoms with Gasteiger partial charge in [-0.3, -0.25) is 15.1 Å². The van der Waals surface area contributed by atoms with E-state index in [1.165, 1.54) is 12.1 Å². The minimum atomic E-state index is -0.403. The number of nitro groups is 1. The number of aliphatic imine (C=N–C) groups is 1. The molecular formula is C15H11N3O2. The highest BCUT2D eigenvalue weighted by atomic mass is 16.6. The number of allylic oxidation sites excluding steroid dienone is 2. The van der Waals surface area contributed by atoms with Crippen LogP contribution in [0, 0.1) is 10.1 Å². The molecule has 1 aromatic carbocycles. The molecule has 20 heavy (non-hydrogen) atoms. The lowest BCUT2D eigenvalue weighted by Gasteiger charge is -2.11. The minimum Gasteiger partial charge on any atom is -0.321 e. The number of hydrogen-bond donors (Lipinski definition) is 0. The second kappa shape index (κ2) is 4.97. The number of aromatic nitrogens is 1. The molecule has 3 rings (SSSR count). The van der Waals surface area contributed by atoms with Gasteiger partial charge in [-0.2, -0.15) is 0 Å². The third-order valence-corrected chi connectivity index (χ3v) is 3.01. The van der Waals surface area contributed by atoms with Crippen LogP contribution in [-0.4, -0.2) is 15.7 Å². The molecule has 98 valence electrons. The number of nitrogens with zero attached hydrogens (tertiary/aromatic N) is 3. The number of non-ortho nitro benzene ring substituents is 1. The van der Waals surface area contributed by atoms with Gasteiger partial charge in [0.2, 0.25) is 0 Å². The Kier molecular flexibility index (Phi) is 3.01. The Morgan fingerprint density at radius 1 is 1.15 bits per heavy atom. The molecule has 0 aliphatic carbocycles. The molecular weight excluding hydrogens is 254 g/mol. The summed E-state index contributed by atoms with van der Waals surface area (Å²) in [6.07, 6.45) is 9.35. The molecule has 5 nitrogen and oxygen atoms in total. The summed E-state index contributed by atoms with van der Waals surface area (Å²) in [4.78, 5) is 14.6. The molecule has 0 amide bonds. The lowest BCUT2D eigenvalue weighted by atomic mass is 10.1. The quantitative estimate of drug-likeness (QED) is 0.631. The third-order valence-electron chi connectivity index (χ3n) is 3.01. The van der Waals surface area contributed by atoms with Crippen molar-refractivity contribution in [3.05, 3.63) is 82.3 Å². The predicted octanol–water partition coefficient (Wildman–Crippen LogP) is 3.25. The van der Waals surface area contributed by atoms with Crippen molar-refractivity contribution in [2.45, 2.75) is 0 Å². The van der Waals surface area contributed by atoms with Gasteiger partial charge in [-0.25, -0.2) is 0 Å². The SMILES string of the molecule is O=[N+]([O-])c1ccc(/C(=C2/C=CC=N2)n2cccc2)cc1. The molecule has 0 spiro atoms. The zero-order chi connectivity index (χ0) is 13.9.